The summed E-state index contributed by atoms with van der Waals surface area (Å²) in [5, 5.41) is 12.1. The summed E-state index contributed by atoms with van der Waals surface area (Å²) in [6.07, 6.45) is 2.75. The third-order valence-electron chi connectivity index (χ3n) is 5.43. The molecule has 2 saturated heterocycles. The number of aliphatic carboxylic acids is 1. The third kappa shape index (κ3) is 5.81. The van der Waals surface area contributed by atoms with E-state index in [1.807, 2.05) is 0 Å². The van der Waals surface area contributed by atoms with E-state index in [-0.39, 0.29) is 31.4 Å². The number of amides is 3. The average molecular weight is 425 g/mol. The van der Waals surface area contributed by atoms with Gasteiger partial charge in [0, 0.05) is 19.6 Å². The molecule has 2 aliphatic rings. The van der Waals surface area contributed by atoms with Gasteiger partial charge in [0.15, 0.2) is 5.96 Å². The van der Waals surface area contributed by atoms with Gasteiger partial charge in [-0.1, -0.05) is 0 Å². The summed E-state index contributed by atoms with van der Waals surface area (Å²) < 4.78 is 0. The fraction of sp³-hybridized carbons (Fsp3) is 0.722. The minimum Gasteiger partial charge on any atom is -0.480 e. The van der Waals surface area contributed by atoms with Crippen LogP contribution < -0.4 is 22.5 Å². The number of carboxylic acids is 1. The second-order valence-electron chi connectivity index (χ2n) is 7.49. The number of nitrogens with zero attached hydrogens (tertiary/aromatic N) is 3. The van der Waals surface area contributed by atoms with E-state index in [2.05, 4.69) is 10.3 Å². The summed E-state index contributed by atoms with van der Waals surface area (Å²) in [5.41, 5.74) is 16.0. The molecule has 2 heterocycles. The molecule has 0 bridgehead atoms. The van der Waals surface area contributed by atoms with Crippen molar-refractivity contribution in [2.24, 2.45) is 22.2 Å². The summed E-state index contributed by atoms with van der Waals surface area (Å²) in [6.45, 7) is 0.825. The van der Waals surface area contributed by atoms with Gasteiger partial charge in [0.1, 0.15) is 18.1 Å². The van der Waals surface area contributed by atoms with E-state index in [1.165, 1.54) is 9.80 Å². The second-order valence-corrected chi connectivity index (χ2v) is 7.49. The fourth-order valence-corrected chi connectivity index (χ4v) is 3.97. The number of nitrogens with one attached hydrogen (secondary N) is 1. The molecule has 0 aromatic rings. The molecule has 0 aliphatic carbocycles. The van der Waals surface area contributed by atoms with E-state index in [4.69, 9.17) is 17.2 Å². The van der Waals surface area contributed by atoms with Gasteiger partial charge in [0.25, 0.3) is 0 Å². The highest BCUT2D eigenvalue weighted by Gasteiger charge is 2.39. The van der Waals surface area contributed by atoms with Crippen molar-refractivity contribution in [2.75, 3.05) is 26.2 Å². The molecule has 0 saturated carbocycles. The maximum absolute atomic E-state index is 13.1. The van der Waals surface area contributed by atoms with Crippen molar-refractivity contribution >= 4 is 29.7 Å². The Kier molecular flexibility index (Phi) is 8.39. The quantitative estimate of drug-likeness (QED) is 0.152. The van der Waals surface area contributed by atoms with E-state index in [0.717, 1.165) is 0 Å². The lowest BCUT2D eigenvalue weighted by Gasteiger charge is -2.29. The van der Waals surface area contributed by atoms with Crippen molar-refractivity contribution in [3.8, 4) is 0 Å². The third-order valence-corrected chi connectivity index (χ3v) is 5.43. The summed E-state index contributed by atoms with van der Waals surface area (Å²) >= 11 is 0. The van der Waals surface area contributed by atoms with Crippen LogP contribution in [0.15, 0.2) is 4.99 Å². The number of hydrogen-bond donors (Lipinski definition) is 5. The molecule has 2 unspecified atom stereocenters. The van der Waals surface area contributed by atoms with Crippen LogP contribution in [0.25, 0.3) is 0 Å². The highest BCUT2D eigenvalue weighted by atomic mass is 16.4. The molecule has 0 radical (unpaired) electrons. The van der Waals surface area contributed by atoms with Crippen LogP contribution in [0.1, 0.15) is 38.5 Å². The molecule has 0 spiro atoms. The molecule has 30 heavy (non-hydrogen) atoms. The second kappa shape index (κ2) is 10.8. The number of hydrogen-bond acceptors (Lipinski definition) is 6. The van der Waals surface area contributed by atoms with Gasteiger partial charge >= 0.3 is 5.97 Å². The molecule has 0 aromatic heterocycles. The van der Waals surface area contributed by atoms with Crippen LogP contribution in [-0.4, -0.2) is 88.9 Å². The average Bonchev–Trinajstić information content (AvgIpc) is 3.38. The Labute approximate surface area is 174 Å². The Hall–Kier alpha value is -2.89. The monoisotopic (exact) mass is 425 g/mol. The number of guanidine groups is 1. The zero-order valence-electron chi connectivity index (χ0n) is 17.0. The number of rotatable bonds is 9. The van der Waals surface area contributed by atoms with Crippen LogP contribution in [0.3, 0.4) is 0 Å². The summed E-state index contributed by atoms with van der Waals surface area (Å²) in [4.78, 5) is 56.0. The van der Waals surface area contributed by atoms with E-state index in [1.54, 1.807) is 0 Å². The molecule has 3 amide bonds. The molecule has 2 fully saturated rings. The van der Waals surface area contributed by atoms with E-state index >= 15 is 0 Å². The van der Waals surface area contributed by atoms with Crippen LogP contribution in [-0.2, 0) is 19.2 Å². The predicted molar refractivity (Wildman–Crippen MR) is 108 cm³/mol. The summed E-state index contributed by atoms with van der Waals surface area (Å²) in [5.74, 6) is -2.36. The van der Waals surface area contributed by atoms with Gasteiger partial charge in [-0.25, -0.2) is 4.79 Å². The number of carboxylic acid groups (broad SMARTS) is 1. The van der Waals surface area contributed by atoms with Crippen molar-refractivity contribution in [1.29, 1.82) is 0 Å². The Morgan fingerprint density at radius 1 is 1.07 bits per heavy atom. The van der Waals surface area contributed by atoms with Crippen LogP contribution in [0.5, 0.6) is 0 Å². The van der Waals surface area contributed by atoms with Gasteiger partial charge in [-0.2, -0.15) is 0 Å². The predicted octanol–water partition coefficient (Wildman–Crippen LogP) is -2.45. The molecule has 0 aromatic carbocycles. The molecule has 2 rings (SSSR count). The number of carbonyl (C=O) groups is 4. The van der Waals surface area contributed by atoms with Gasteiger partial charge in [-0.05, 0) is 38.5 Å². The van der Waals surface area contributed by atoms with Gasteiger partial charge in [-0.15, -0.1) is 0 Å². The van der Waals surface area contributed by atoms with Crippen molar-refractivity contribution in [3.63, 3.8) is 0 Å². The molecular formula is C18H31N7O5. The molecule has 3 atom stereocenters. The first-order valence-electron chi connectivity index (χ1n) is 10.1. The summed E-state index contributed by atoms with van der Waals surface area (Å²) in [7, 11) is 0. The van der Waals surface area contributed by atoms with E-state index in [9.17, 15) is 24.3 Å². The van der Waals surface area contributed by atoms with Crippen molar-refractivity contribution in [3.05, 3.63) is 0 Å². The number of aliphatic imine (C=N–C) groups is 1. The Morgan fingerprint density at radius 3 is 2.30 bits per heavy atom. The minimum atomic E-state index is -1.07. The van der Waals surface area contributed by atoms with E-state index in [0.29, 0.717) is 45.2 Å². The van der Waals surface area contributed by atoms with Crippen LogP contribution in [0.4, 0.5) is 0 Å². The SMILES string of the molecule is NCC(=O)N1CCCC1C(=O)N[C@@H](CCCN=C(N)N)C(=O)N1CCCC1C(=O)O. The lowest BCUT2D eigenvalue weighted by molar-refractivity contribution is -0.149. The Bertz CT molecular complexity index is 694. The zero-order chi connectivity index (χ0) is 22.3. The number of carbonyl (C=O) groups excluding carboxylic acids is 3. The number of likely N-dealkylation sites (tertiary alicyclic amines) is 2. The molecule has 8 N–H and O–H groups in total. The Morgan fingerprint density at radius 2 is 1.70 bits per heavy atom. The minimum absolute atomic E-state index is 0.0747. The van der Waals surface area contributed by atoms with Crippen molar-refractivity contribution in [1.82, 2.24) is 15.1 Å². The lowest BCUT2D eigenvalue weighted by atomic mass is 10.1. The first-order chi connectivity index (χ1) is 14.3. The maximum atomic E-state index is 13.1. The molecule has 2 aliphatic heterocycles. The topological polar surface area (TPSA) is 197 Å². The highest BCUT2D eigenvalue weighted by molar-refractivity contribution is 5.94. The normalized spacial score (nSPS) is 21.9. The zero-order valence-corrected chi connectivity index (χ0v) is 17.0. The number of nitrogens with two attached hydrogens (primary N) is 3. The maximum Gasteiger partial charge on any atom is 0.326 e. The smallest absolute Gasteiger partial charge is 0.326 e. The van der Waals surface area contributed by atoms with E-state index < -0.39 is 35.9 Å². The lowest BCUT2D eigenvalue weighted by Crippen LogP contribution is -2.55. The summed E-state index contributed by atoms with van der Waals surface area (Å²) in [6, 6.07) is -2.53. The van der Waals surface area contributed by atoms with Gasteiger partial charge in [0.2, 0.25) is 17.7 Å². The van der Waals surface area contributed by atoms with Crippen molar-refractivity contribution in [2.45, 2.75) is 56.7 Å². The molecule has 12 heteroatoms. The van der Waals surface area contributed by atoms with Gasteiger partial charge in [0.05, 0.1) is 6.54 Å². The first kappa shape index (κ1) is 23.4. The van der Waals surface area contributed by atoms with Crippen molar-refractivity contribution < 1.29 is 24.3 Å². The first-order valence-corrected chi connectivity index (χ1v) is 10.1. The largest absolute Gasteiger partial charge is 0.480 e. The van der Waals surface area contributed by atoms with Crippen LogP contribution in [0.2, 0.25) is 0 Å². The van der Waals surface area contributed by atoms with Gasteiger partial charge < -0.3 is 37.4 Å². The molecule has 12 nitrogen and oxygen atoms in total. The fourth-order valence-electron chi connectivity index (χ4n) is 3.97. The van der Waals surface area contributed by atoms with Crippen LogP contribution >= 0.6 is 0 Å². The van der Waals surface area contributed by atoms with Crippen LogP contribution in [0, 0.1) is 0 Å². The molecule has 168 valence electrons. The highest BCUT2D eigenvalue weighted by Crippen LogP contribution is 2.21. The Balaban J connectivity index is 2.11. The standard InChI is InChI=1S/C18H31N7O5/c19-10-14(26)24-8-2-5-12(24)15(27)23-11(4-1-7-22-18(20)21)16(28)25-9-3-6-13(25)17(29)30/h11-13H,1-10,19H2,(H,23,27)(H,29,30)(H4,20,21,22)/t11-,12?,13?/m0/s1. The van der Waals surface area contributed by atoms with Gasteiger partial charge in [-0.3, -0.25) is 19.4 Å². The molecular weight excluding hydrogens is 394 g/mol.